The number of carbonyl (C=O) groups is 1. The van der Waals surface area contributed by atoms with Crippen molar-refractivity contribution in [1.82, 2.24) is 15.5 Å². The highest BCUT2D eigenvalue weighted by Crippen LogP contribution is 2.27. The summed E-state index contributed by atoms with van der Waals surface area (Å²) in [6.45, 7) is 5.43. The summed E-state index contributed by atoms with van der Waals surface area (Å²) in [5, 5.41) is 15.3. The van der Waals surface area contributed by atoms with Crippen LogP contribution in [-0.2, 0) is 0 Å². The molecular weight excluding hydrogens is 278 g/mol. The molecule has 1 aliphatic rings. The van der Waals surface area contributed by atoms with Crippen molar-refractivity contribution in [2.45, 2.75) is 19.3 Å². The van der Waals surface area contributed by atoms with Gasteiger partial charge in [-0.3, -0.25) is 0 Å². The molecule has 122 valence electrons. The number of urea groups is 1. The number of hydrogen-bond acceptors (Lipinski definition) is 3. The van der Waals surface area contributed by atoms with Crippen molar-refractivity contribution in [3.05, 3.63) is 35.9 Å². The fourth-order valence-electron chi connectivity index (χ4n) is 3.00. The Kier molecular flexibility index (Phi) is 5.80. The van der Waals surface area contributed by atoms with E-state index >= 15 is 0 Å². The molecule has 0 bridgehead atoms. The lowest BCUT2D eigenvalue weighted by atomic mass is 9.90. The fourth-order valence-corrected chi connectivity index (χ4v) is 3.00. The van der Waals surface area contributed by atoms with E-state index in [1.165, 1.54) is 0 Å². The third-order valence-electron chi connectivity index (χ3n) is 4.42. The fraction of sp³-hybridized carbons (Fsp3) is 0.588. The highest BCUT2D eigenvalue weighted by Gasteiger charge is 2.32. The lowest BCUT2D eigenvalue weighted by Crippen LogP contribution is -2.43. The van der Waals surface area contributed by atoms with Crippen molar-refractivity contribution in [3.63, 3.8) is 0 Å². The number of nitrogens with one attached hydrogen (secondary N) is 2. The molecule has 1 fully saturated rings. The van der Waals surface area contributed by atoms with Gasteiger partial charge in [0.1, 0.15) is 0 Å². The summed E-state index contributed by atoms with van der Waals surface area (Å²) in [4.78, 5) is 14.2. The molecule has 1 aromatic carbocycles. The molecular formula is C17H27N3O2. The first-order chi connectivity index (χ1) is 10.5. The predicted molar refractivity (Wildman–Crippen MR) is 87.9 cm³/mol. The molecule has 2 rings (SSSR count). The second kappa shape index (κ2) is 7.61. The van der Waals surface area contributed by atoms with E-state index in [-0.39, 0.29) is 24.0 Å². The maximum absolute atomic E-state index is 12.0. The number of rotatable bonds is 6. The van der Waals surface area contributed by atoms with Crippen LogP contribution in [0.5, 0.6) is 0 Å². The Morgan fingerprint density at radius 3 is 2.68 bits per heavy atom. The molecule has 1 aromatic rings. The van der Waals surface area contributed by atoms with Crippen LogP contribution in [0.4, 0.5) is 4.79 Å². The normalized spacial score (nSPS) is 23.2. The Bertz CT molecular complexity index is 480. The number of amides is 2. The largest absolute Gasteiger partial charge is 0.396 e. The molecule has 0 aromatic heterocycles. The van der Waals surface area contributed by atoms with Crippen LogP contribution in [-0.4, -0.2) is 55.9 Å². The van der Waals surface area contributed by atoms with Crippen LogP contribution >= 0.6 is 0 Å². The average Bonchev–Trinajstić information content (AvgIpc) is 2.87. The average molecular weight is 305 g/mol. The maximum atomic E-state index is 12.0. The molecule has 1 heterocycles. The number of aliphatic hydroxyl groups excluding tert-OH is 1. The van der Waals surface area contributed by atoms with E-state index in [2.05, 4.69) is 29.5 Å². The van der Waals surface area contributed by atoms with Gasteiger partial charge in [-0.05, 0) is 31.0 Å². The van der Waals surface area contributed by atoms with E-state index in [9.17, 15) is 9.90 Å². The van der Waals surface area contributed by atoms with Gasteiger partial charge >= 0.3 is 6.03 Å². The summed E-state index contributed by atoms with van der Waals surface area (Å²) < 4.78 is 0. The number of likely N-dealkylation sites (tertiary alicyclic amines) is 1. The molecule has 1 saturated heterocycles. The third kappa shape index (κ3) is 4.71. The van der Waals surface area contributed by atoms with Crippen molar-refractivity contribution in [2.24, 2.45) is 5.41 Å². The van der Waals surface area contributed by atoms with Gasteiger partial charge in [0.15, 0.2) is 0 Å². The van der Waals surface area contributed by atoms with E-state index in [1.54, 1.807) is 0 Å². The van der Waals surface area contributed by atoms with E-state index < -0.39 is 0 Å². The van der Waals surface area contributed by atoms with Crippen LogP contribution in [0.15, 0.2) is 30.3 Å². The first-order valence-corrected chi connectivity index (χ1v) is 7.88. The van der Waals surface area contributed by atoms with E-state index in [0.29, 0.717) is 13.1 Å². The first-order valence-electron chi connectivity index (χ1n) is 7.88. The van der Waals surface area contributed by atoms with Crippen LogP contribution in [0.2, 0.25) is 0 Å². The van der Waals surface area contributed by atoms with Crippen LogP contribution < -0.4 is 10.6 Å². The van der Waals surface area contributed by atoms with E-state index in [1.807, 2.05) is 30.3 Å². The molecule has 2 unspecified atom stereocenters. The second-order valence-corrected chi connectivity index (χ2v) is 6.65. The number of benzene rings is 1. The second-order valence-electron chi connectivity index (χ2n) is 6.65. The Labute approximate surface area is 132 Å². The number of hydrogen-bond donors (Lipinski definition) is 3. The summed E-state index contributed by atoms with van der Waals surface area (Å²) in [6, 6.07) is 9.60. The molecule has 5 heteroatoms. The van der Waals surface area contributed by atoms with Gasteiger partial charge in [0.2, 0.25) is 0 Å². The topological polar surface area (TPSA) is 64.6 Å². The molecule has 22 heavy (non-hydrogen) atoms. The highest BCUT2D eigenvalue weighted by molar-refractivity contribution is 5.73. The third-order valence-corrected chi connectivity index (χ3v) is 4.42. The Hall–Kier alpha value is -1.59. The summed E-state index contributed by atoms with van der Waals surface area (Å²) in [5.41, 5.74) is 1.19. The molecule has 0 aliphatic carbocycles. The van der Waals surface area contributed by atoms with Crippen LogP contribution in [0.3, 0.4) is 0 Å². The zero-order valence-corrected chi connectivity index (χ0v) is 13.5. The standard InChI is InChI=1S/C17H27N3O2/c1-17(8-9-20(2)13-17)12-19-16(22)18-10-15(11-21)14-6-4-3-5-7-14/h3-7,15,21H,8-13H2,1-2H3,(H2,18,19,22). The molecule has 3 N–H and O–H groups in total. The summed E-state index contributed by atoms with van der Waals surface area (Å²) in [6.07, 6.45) is 1.10. The van der Waals surface area contributed by atoms with Gasteiger partial charge in [-0.1, -0.05) is 37.3 Å². The first kappa shape index (κ1) is 16.8. The summed E-state index contributed by atoms with van der Waals surface area (Å²) in [5.74, 6) is -0.0693. The van der Waals surface area contributed by atoms with Gasteiger partial charge in [0, 0.05) is 25.6 Å². The number of nitrogens with zero attached hydrogens (tertiary/aromatic N) is 1. The lowest BCUT2D eigenvalue weighted by Gasteiger charge is -2.24. The minimum Gasteiger partial charge on any atom is -0.396 e. The van der Waals surface area contributed by atoms with Gasteiger partial charge in [0.25, 0.3) is 0 Å². The van der Waals surface area contributed by atoms with Crippen molar-refractivity contribution in [3.8, 4) is 0 Å². The maximum Gasteiger partial charge on any atom is 0.314 e. The number of carbonyl (C=O) groups excluding carboxylic acids is 1. The Balaban J connectivity index is 1.75. The van der Waals surface area contributed by atoms with Gasteiger partial charge in [0.05, 0.1) is 6.61 Å². The zero-order valence-electron chi connectivity index (χ0n) is 13.5. The SMILES string of the molecule is CN1CCC(C)(CNC(=O)NCC(CO)c2ccccc2)C1. The van der Waals surface area contributed by atoms with Crippen LogP contribution in [0.25, 0.3) is 0 Å². The van der Waals surface area contributed by atoms with Crippen molar-refractivity contribution in [2.75, 3.05) is 39.8 Å². The molecule has 1 aliphatic heterocycles. The van der Waals surface area contributed by atoms with Crippen molar-refractivity contribution < 1.29 is 9.90 Å². The molecule has 2 atom stereocenters. The van der Waals surface area contributed by atoms with Crippen LogP contribution in [0, 0.1) is 5.41 Å². The molecule has 0 saturated carbocycles. The van der Waals surface area contributed by atoms with Crippen molar-refractivity contribution >= 4 is 6.03 Å². The van der Waals surface area contributed by atoms with E-state index in [4.69, 9.17) is 0 Å². The predicted octanol–water partition coefficient (Wildman–Crippen LogP) is 1.40. The quantitative estimate of drug-likeness (QED) is 0.744. The summed E-state index contributed by atoms with van der Waals surface area (Å²) in [7, 11) is 2.11. The molecule has 0 radical (unpaired) electrons. The molecule has 5 nitrogen and oxygen atoms in total. The van der Waals surface area contributed by atoms with Gasteiger partial charge < -0.3 is 20.6 Å². The van der Waals surface area contributed by atoms with Crippen molar-refractivity contribution in [1.29, 1.82) is 0 Å². The number of aliphatic hydroxyl groups is 1. The van der Waals surface area contributed by atoms with Gasteiger partial charge in [-0.25, -0.2) is 4.79 Å². The minimum atomic E-state index is -0.162. The minimum absolute atomic E-state index is 0.0206. The van der Waals surface area contributed by atoms with Crippen LogP contribution in [0.1, 0.15) is 24.8 Å². The van der Waals surface area contributed by atoms with Gasteiger partial charge in [-0.2, -0.15) is 0 Å². The molecule has 2 amide bonds. The Morgan fingerprint density at radius 1 is 1.36 bits per heavy atom. The monoisotopic (exact) mass is 305 g/mol. The smallest absolute Gasteiger partial charge is 0.314 e. The lowest BCUT2D eigenvalue weighted by molar-refractivity contribution is 0.225. The summed E-state index contributed by atoms with van der Waals surface area (Å²) >= 11 is 0. The zero-order chi connectivity index (χ0) is 16.0. The Morgan fingerprint density at radius 2 is 2.09 bits per heavy atom. The van der Waals surface area contributed by atoms with Gasteiger partial charge in [-0.15, -0.1) is 0 Å². The molecule has 0 spiro atoms. The van der Waals surface area contributed by atoms with E-state index in [0.717, 1.165) is 25.1 Å². The highest BCUT2D eigenvalue weighted by atomic mass is 16.3.